The summed E-state index contributed by atoms with van der Waals surface area (Å²) in [6.07, 6.45) is 2.14. The number of rotatable bonds is 1. The molecule has 0 aliphatic rings. The van der Waals surface area contributed by atoms with Gasteiger partial charge < -0.3 is 0 Å². The molecule has 0 spiro atoms. The average molecular weight is 153 g/mol. The Kier molecular flexibility index (Phi) is 3.50. The Labute approximate surface area is 70.2 Å². The van der Waals surface area contributed by atoms with Crippen molar-refractivity contribution in [1.29, 1.82) is 0 Å². The average Bonchev–Trinajstić information content (AvgIpc) is 1.79. The zero-order valence-electron chi connectivity index (χ0n) is 8.52. The van der Waals surface area contributed by atoms with Crippen LogP contribution in [0.25, 0.3) is 0 Å². The third-order valence-corrected chi connectivity index (χ3v) is 1.43. The number of allylic oxidation sites excluding steroid dienone is 2. The van der Waals surface area contributed by atoms with Crippen molar-refractivity contribution in [3.05, 3.63) is 11.6 Å². The molecule has 0 bridgehead atoms. The lowest BCUT2D eigenvalue weighted by Crippen LogP contribution is -2.18. The minimum atomic E-state index is 0.173. The van der Waals surface area contributed by atoms with Crippen molar-refractivity contribution in [2.75, 3.05) is 7.05 Å². The van der Waals surface area contributed by atoms with E-state index >= 15 is 0 Å². The van der Waals surface area contributed by atoms with Crippen molar-refractivity contribution in [3.8, 4) is 0 Å². The van der Waals surface area contributed by atoms with E-state index in [2.05, 4.69) is 45.7 Å². The van der Waals surface area contributed by atoms with E-state index in [1.54, 1.807) is 0 Å². The van der Waals surface area contributed by atoms with E-state index in [0.717, 1.165) is 5.71 Å². The van der Waals surface area contributed by atoms with Crippen LogP contribution in [0.5, 0.6) is 0 Å². The van der Waals surface area contributed by atoms with Crippen LogP contribution in [0.1, 0.15) is 34.6 Å². The third-order valence-electron chi connectivity index (χ3n) is 1.43. The molecule has 0 aromatic carbocycles. The first-order chi connectivity index (χ1) is 4.88. The van der Waals surface area contributed by atoms with E-state index in [1.807, 2.05) is 7.05 Å². The van der Waals surface area contributed by atoms with Crippen molar-refractivity contribution in [2.24, 2.45) is 10.4 Å². The summed E-state index contributed by atoms with van der Waals surface area (Å²) in [4.78, 5) is 4.24. The molecule has 64 valence electrons. The fourth-order valence-electron chi connectivity index (χ4n) is 0.890. The van der Waals surface area contributed by atoms with Crippen molar-refractivity contribution >= 4 is 5.71 Å². The quantitative estimate of drug-likeness (QED) is 0.513. The molecule has 0 saturated carbocycles. The second-order valence-electron chi connectivity index (χ2n) is 4.08. The lowest BCUT2D eigenvalue weighted by Gasteiger charge is -2.18. The topological polar surface area (TPSA) is 12.4 Å². The molecule has 0 fully saturated rings. The van der Waals surface area contributed by atoms with Crippen LogP contribution in [0.4, 0.5) is 0 Å². The Bertz CT molecular complexity index is 176. The second kappa shape index (κ2) is 3.70. The fraction of sp³-hybridized carbons (Fsp3) is 0.700. The zero-order valence-corrected chi connectivity index (χ0v) is 8.52. The lowest BCUT2D eigenvalue weighted by molar-refractivity contribution is 0.593. The van der Waals surface area contributed by atoms with Crippen molar-refractivity contribution in [1.82, 2.24) is 0 Å². The van der Waals surface area contributed by atoms with Gasteiger partial charge in [0.1, 0.15) is 0 Å². The Morgan fingerprint density at radius 3 is 1.73 bits per heavy atom. The maximum atomic E-state index is 4.24. The molecule has 0 aromatic heterocycles. The molecule has 1 nitrogen and oxygen atoms in total. The first-order valence-corrected chi connectivity index (χ1v) is 4.00. The first-order valence-electron chi connectivity index (χ1n) is 4.00. The van der Waals surface area contributed by atoms with Gasteiger partial charge in [-0.25, -0.2) is 0 Å². The first kappa shape index (κ1) is 10.4. The van der Waals surface area contributed by atoms with Crippen LogP contribution in [-0.2, 0) is 0 Å². The van der Waals surface area contributed by atoms with Gasteiger partial charge in [-0.15, -0.1) is 0 Å². The van der Waals surface area contributed by atoms with Crippen molar-refractivity contribution < 1.29 is 0 Å². The summed E-state index contributed by atoms with van der Waals surface area (Å²) in [6, 6.07) is 0. The van der Waals surface area contributed by atoms with E-state index in [1.165, 1.54) is 5.57 Å². The molecule has 0 aliphatic heterocycles. The number of hydrogen-bond donors (Lipinski definition) is 0. The molecule has 11 heavy (non-hydrogen) atoms. The summed E-state index contributed by atoms with van der Waals surface area (Å²) in [5, 5.41) is 0. The Morgan fingerprint density at radius 2 is 1.64 bits per heavy atom. The van der Waals surface area contributed by atoms with Gasteiger partial charge >= 0.3 is 0 Å². The molecular weight excluding hydrogens is 134 g/mol. The van der Waals surface area contributed by atoms with Crippen LogP contribution < -0.4 is 0 Å². The van der Waals surface area contributed by atoms with Gasteiger partial charge in [0.05, 0.1) is 0 Å². The molecular formula is C10H19N. The molecule has 0 heterocycles. The van der Waals surface area contributed by atoms with E-state index in [9.17, 15) is 0 Å². The molecule has 0 rings (SSSR count). The van der Waals surface area contributed by atoms with E-state index in [4.69, 9.17) is 0 Å². The summed E-state index contributed by atoms with van der Waals surface area (Å²) in [5.74, 6) is 0. The SMILES string of the molecule is CN=C(C=C(C)C)C(C)(C)C. The Hall–Kier alpha value is -0.590. The smallest absolute Gasteiger partial charge is 0.0397 e. The summed E-state index contributed by atoms with van der Waals surface area (Å²) < 4.78 is 0. The van der Waals surface area contributed by atoms with Crippen LogP contribution in [0, 0.1) is 5.41 Å². The van der Waals surface area contributed by atoms with Gasteiger partial charge in [0.15, 0.2) is 0 Å². The molecule has 0 N–H and O–H groups in total. The summed E-state index contributed by atoms with van der Waals surface area (Å²) in [7, 11) is 1.85. The summed E-state index contributed by atoms with van der Waals surface area (Å²) >= 11 is 0. The van der Waals surface area contributed by atoms with Crippen LogP contribution in [0.2, 0.25) is 0 Å². The monoisotopic (exact) mass is 153 g/mol. The lowest BCUT2D eigenvalue weighted by atomic mass is 9.89. The van der Waals surface area contributed by atoms with Gasteiger partial charge in [-0.3, -0.25) is 4.99 Å². The fourth-order valence-corrected chi connectivity index (χ4v) is 0.890. The molecule has 0 saturated heterocycles. The van der Waals surface area contributed by atoms with E-state index in [0.29, 0.717) is 0 Å². The number of nitrogens with zero attached hydrogens (tertiary/aromatic N) is 1. The van der Waals surface area contributed by atoms with Crippen LogP contribution in [0.15, 0.2) is 16.6 Å². The maximum absolute atomic E-state index is 4.24. The summed E-state index contributed by atoms with van der Waals surface area (Å²) in [5.41, 5.74) is 2.64. The zero-order chi connectivity index (χ0) is 9.07. The predicted octanol–water partition coefficient (Wildman–Crippen LogP) is 3.07. The highest BCUT2D eigenvalue weighted by molar-refractivity contribution is 5.99. The van der Waals surface area contributed by atoms with Crippen LogP contribution in [-0.4, -0.2) is 12.8 Å². The molecule has 0 aromatic rings. The van der Waals surface area contributed by atoms with Gasteiger partial charge in [-0.05, 0) is 19.9 Å². The predicted molar refractivity (Wildman–Crippen MR) is 52.2 cm³/mol. The van der Waals surface area contributed by atoms with E-state index in [-0.39, 0.29) is 5.41 Å². The van der Waals surface area contributed by atoms with Crippen LogP contribution in [0.3, 0.4) is 0 Å². The Morgan fingerprint density at radius 1 is 1.18 bits per heavy atom. The van der Waals surface area contributed by atoms with Gasteiger partial charge in [0.2, 0.25) is 0 Å². The van der Waals surface area contributed by atoms with Crippen LogP contribution >= 0.6 is 0 Å². The number of aliphatic imine (C=N–C) groups is 1. The third kappa shape index (κ3) is 3.97. The van der Waals surface area contributed by atoms with Gasteiger partial charge in [-0.2, -0.15) is 0 Å². The molecule has 0 unspecified atom stereocenters. The standard InChI is InChI=1S/C10H19N/c1-8(2)7-9(11-6)10(3,4)5/h7H,1-6H3. The Balaban J connectivity index is 4.60. The highest BCUT2D eigenvalue weighted by Crippen LogP contribution is 2.17. The number of hydrogen-bond acceptors (Lipinski definition) is 1. The molecule has 0 amide bonds. The van der Waals surface area contributed by atoms with E-state index < -0.39 is 0 Å². The maximum Gasteiger partial charge on any atom is 0.0397 e. The minimum Gasteiger partial charge on any atom is -0.293 e. The van der Waals surface area contributed by atoms with Gasteiger partial charge in [-0.1, -0.05) is 26.3 Å². The highest BCUT2D eigenvalue weighted by atomic mass is 14.7. The second-order valence-corrected chi connectivity index (χ2v) is 4.08. The van der Waals surface area contributed by atoms with Gasteiger partial charge in [0.25, 0.3) is 0 Å². The normalized spacial score (nSPS) is 13.1. The molecule has 0 aliphatic carbocycles. The molecule has 0 atom stereocenters. The van der Waals surface area contributed by atoms with Crippen molar-refractivity contribution in [2.45, 2.75) is 34.6 Å². The van der Waals surface area contributed by atoms with Gasteiger partial charge in [0, 0.05) is 18.2 Å². The summed E-state index contributed by atoms with van der Waals surface area (Å²) in [6.45, 7) is 10.7. The molecule has 1 heteroatoms. The largest absolute Gasteiger partial charge is 0.293 e. The minimum absolute atomic E-state index is 0.173. The van der Waals surface area contributed by atoms with Crippen molar-refractivity contribution in [3.63, 3.8) is 0 Å². The molecule has 0 radical (unpaired) electrons. The highest BCUT2D eigenvalue weighted by Gasteiger charge is 2.15.